The van der Waals surface area contributed by atoms with Gasteiger partial charge in [0.05, 0.1) is 5.56 Å². The largest absolute Gasteiger partial charge is 0.417 e. The highest BCUT2D eigenvalue weighted by Crippen LogP contribution is 2.39. The van der Waals surface area contributed by atoms with E-state index in [1.165, 1.54) is 12.1 Å². The highest BCUT2D eigenvalue weighted by atomic mass is 35.5. The van der Waals surface area contributed by atoms with E-state index in [4.69, 9.17) is 11.6 Å². The molecular weight excluding hydrogens is 485 g/mol. The fraction of sp³-hybridized carbons (Fsp3) is 0.276. The molecule has 1 fully saturated rings. The van der Waals surface area contributed by atoms with Crippen molar-refractivity contribution in [3.8, 4) is 11.1 Å². The Labute approximate surface area is 214 Å². The van der Waals surface area contributed by atoms with Crippen molar-refractivity contribution < 1.29 is 18.0 Å². The molecule has 1 unspecified atom stereocenters. The minimum atomic E-state index is -4.44. The summed E-state index contributed by atoms with van der Waals surface area (Å²) in [6.07, 6.45) is -3.30. The molecular formula is C29H28ClF3N2O. The van der Waals surface area contributed by atoms with Crippen molar-refractivity contribution in [2.75, 3.05) is 13.6 Å². The Bertz CT molecular complexity index is 1270. The number of hydrogen-bond acceptors (Lipinski definition) is 2. The number of halogens is 4. The highest BCUT2D eigenvalue weighted by molar-refractivity contribution is 6.30. The van der Waals surface area contributed by atoms with Gasteiger partial charge in [0, 0.05) is 37.3 Å². The van der Waals surface area contributed by atoms with Crippen LogP contribution in [0.1, 0.15) is 30.0 Å². The predicted molar refractivity (Wildman–Crippen MR) is 137 cm³/mol. The SMILES string of the molecule is C=C(Cc1cccc(-c2ccccc2C(F)(F)F)c1)N1CCC1(C)C(=O)N(C)Cc1ccc(Cl)cc1. The van der Waals surface area contributed by atoms with Gasteiger partial charge in [-0.1, -0.05) is 72.8 Å². The van der Waals surface area contributed by atoms with Gasteiger partial charge in [-0.15, -0.1) is 0 Å². The van der Waals surface area contributed by atoms with Crippen LogP contribution in [0.2, 0.25) is 5.02 Å². The number of hydrogen-bond donors (Lipinski definition) is 0. The van der Waals surface area contributed by atoms with Crippen molar-refractivity contribution in [2.24, 2.45) is 0 Å². The van der Waals surface area contributed by atoms with Crippen LogP contribution in [0.25, 0.3) is 11.1 Å². The van der Waals surface area contributed by atoms with Gasteiger partial charge in [-0.2, -0.15) is 13.2 Å². The van der Waals surface area contributed by atoms with Crippen molar-refractivity contribution in [3.63, 3.8) is 0 Å². The first-order valence-corrected chi connectivity index (χ1v) is 12.1. The van der Waals surface area contributed by atoms with Crippen molar-refractivity contribution >= 4 is 17.5 Å². The summed E-state index contributed by atoms with van der Waals surface area (Å²) in [7, 11) is 1.78. The quantitative estimate of drug-likeness (QED) is 0.334. The summed E-state index contributed by atoms with van der Waals surface area (Å²) in [6.45, 7) is 7.30. The van der Waals surface area contributed by atoms with Gasteiger partial charge >= 0.3 is 6.18 Å². The number of rotatable bonds is 7. The second-order valence-electron chi connectivity index (χ2n) is 9.45. The molecule has 0 aliphatic carbocycles. The van der Waals surface area contributed by atoms with Crippen molar-refractivity contribution in [3.05, 3.63) is 107 Å². The average molecular weight is 513 g/mol. The Morgan fingerprint density at radius 2 is 1.75 bits per heavy atom. The van der Waals surface area contributed by atoms with Crippen LogP contribution >= 0.6 is 11.6 Å². The zero-order valence-electron chi connectivity index (χ0n) is 20.3. The van der Waals surface area contributed by atoms with E-state index in [9.17, 15) is 18.0 Å². The van der Waals surface area contributed by atoms with Crippen LogP contribution in [0, 0.1) is 0 Å². The van der Waals surface area contributed by atoms with Crippen molar-refractivity contribution in [1.29, 1.82) is 0 Å². The number of nitrogens with zero attached hydrogens (tertiary/aromatic N) is 2. The molecule has 1 aliphatic rings. The molecule has 0 spiro atoms. The molecule has 3 aromatic carbocycles. The summed E-state index contributed by atoms with van der Waals surface area (Å²) in [5.74, 6) is -0.00212. The minimum Gasteiger partial charge on any atom is -0.361 e. The Morgan fingerprint density at radius 3 is 2.39 bits per heavy atom. The Kier molecular flexibility index (Phi) is 7.19. The Morgan fingerprint density at radius 1 is 1.06 bits per heavy atom. The van der Waals surface area contributed by atoms with Gasteiger partial charge in [0.2, 0.25) is 5.91 Å². The molecule has 0 N–H and O–H groups in total. The van der Waals surface area contributed by atoms with Gasteiger partial charge < -0.3 is 9.80 Å². The molecule has 1 atom stereocenters. The molecule has 1 amide bonds. The summed E-state index contributed by atoms with van der Waals surface area (Å²) in [5, 5.41) is 0.645. The monoisotopic (exact) mass is 512 g/mol. The van der Waals surface area contributed by atoms with Crippen LogP contribution in [0.15, 0.2) is 85.1 Å². The second-order valence-corrected chi connectivity index (χ2v) is 9.89. The highest BCUT2D eigenvalue weighted by Gasteiger charge is 2.48. The summed E-state index contributed by atoms with van der Waals surface area (Å²) >= 11 is 5.96. The van der Waals surface area contributed by atoms with E-state index in [0.29, 0.717) is 36.5 Å². The molecule has 36 heavy (non-hydrogen) atoms. The molecule has 7 heteroatoms. The predicted octanol–water partition coefficient (Wildman–Crippen LogP) is 7.21. The number of alkyl halides is 3. The third-order valence-electron chi connectivity index (χ3n) is 6.82. The summed E-state index contributed by atoms with van der Waals surface area (Å²) in [5.41, 5.74) is 1.86. The molecule has 1 saturated heterocycles. The molecule has 188 valence electrons. The van der Waals surface area contributed by atoms with Gasteiger partial charge in [-0.05, 0) is 53.8 Å². The zero-order valence-corrected chi connectivity index (χ0v) is 21.0. The number of benzene rings is 3. The Balaban J connectivity index is 1.47. The number of carbonyl (C=O) groups is 1. The van der Waals surface area contributed by atoms with Crippen LogP contribution < -0.4 is 0 Å². The van der Waals surface area contributed by atoms with Gasteiger partial charge in [0.1, 0.15) is 5.54 Å². The maximum Gasteiger partial charge on any atom is 0.417 e. The normalized spacial score (nSPS) is 17.4. The molecule has 0 saturated carbocycles. The molecule has 1 heterocycles. The first kappa shape index (κ1) is 25.8. The van der Waals surface area contributed by atoms with E-state index in [-0.39, 0.29) is 11.5 Å². The lowest BCUT2D eigenvalue weighted by Crippen LogP contribution is -2.65. The van der Waals surface area contributed by atoms with Crippen molar-refractivity contribution in [1.82, 2.24) is 9.80 Å². The van der Waals surface area contributed by atoms with Gasteiger partial charge in [-0.25, -0.2) is 0 Å². The van der Waals surface area contributed by atoms with Crippen molar-refractivity contribution in [2.45, 2.75) is 38.0 Å². The van der Waals surface area contributed by atoms with E-state index >= 15 is 0 Å². The first-order valence-electron chi connectivity index (χ1n) is 11.7. The topological polar surface area (TPSA) is 23.6 Å². The van der Waals surface area contributed by atoms with Gasteiger partial charge in [0.15, 0.2) is 0 Å². The minimum absolute atomic E-state index is 0.00212. The van der Waals surface area contributed by atoms with Crippen LogP contribution in [0.3, 0.4) is 0 Å². The molecule has 1 aliphatic heterocycles. The average Bonchev–Trinajstić information content (AvgIpc) is 2.83. The number of carbonyl (C=O) groups excluding carboxylic acids is 1. The number of likely N-dealkylation sites (N-methyl/N-ethyl adjacent to an activating group) is 1. The first-order chi connectivity index (χ1) is 17.0. The van der Waals surface area contributed by atoms with Gasteiger partial charge in [-0.3, -0.25) is 4.79 Å². The summed E-state index contributed by atoms with van der Waals surface area (Å²) < 4.78 is 40.6. The third-order valence-corrected chi connectivity index (χ3v) is 7.07. The van der Waals surface area contributed by atoms with Crippen LogP contribution in [0.5, 0.6) is 0 Å². The van der Waals surface area contributed by atoms with E-state index in [1.54, 1.807) is 48.3 Å². The fourth-order valence-corrected chi connectivity index (χ4v) is 4.92. The van der Waals surface area contributed by atoms with E-state index in [0.717, 1.165) is 22.9 Å². The standard InChI is InChI=1S/C29H28ClF3N2O/c1-20(17-22-7-6-8-23(18-22)25-9-4-5-10-26(25)29(31,32)33)35-16-15-28(35,2)27(36)34(3)19-21-11-13-24(30)14-12-21/h4-14,18H,1,15-17,19H2,2-3H3. The fourth-order valence-electron chi connectivity index (χ4n) is 4.80. The van der Waals surface area contributed by atoms with Crippen LogP contribution in [0.4, 0.5) is 13.2 Å². The molecule has 4 rings (SSSR count). The third kappa shape index (κ3) is 5.29. The molecule has 3 nitrogen and oxygen atoms in total. The lowest BCUT2D eigenvalue weighted by molar-refractivity contribution is -0.149. The molecule has 0 aromatic heterocycles. The smallest absolute Gasteiger partial charge is 0.361 e. The molecule has 0 radical (unpaired) electrons. The van der Waals surface area contributed by atoms with E-state index in [2.05, 4.69) is 6.58 Å². The summed E-state index contributed by atoms with van der Waals surface area (Å²) in [4.78, 5) is 17.1. The van der Waals surface area contributed by atoms with E-state index < -0.39 is 17.3 Å². The van der Waals surface area contributed by atoms with Crippen LogP contribution in [-0.4, -0.2) is 34.8 Å². The molecule has 3 aromatic rings. The van der Waals surface area contributed by atoms with Crippen LogP contribution in [-0.2, 0) is 23.9 Å². The molecule has 0 bridgehead atoms. The Hall–Kier alpha value is -3.25. The second kappa shape index (κ2) is 10.0. The maximum absolute atomic E-state index is 13.5. The zero-order chi connectivity index (χ0) is 26.1. The maximum atomic E-state index is 13.5. The lowest BCUT2D eigenvalue weighted by Gasteiger charge is -2.53. The number of amides is 1. The number of likely N-dealkylation sites (tertiary alicyclic amines) is 1. The lowest BCUT2D eigenvalue weighted by atomic mass is 9.83. The van der Waals surface area contributed by atoms with Gasteiger partial charge in [0.25, 0.3) is 0 Å². The summed E-state index contributed by atoms with van der Waals surface area (Å²) in [6, 6.07) is 20.1. The van der Waals surface area contributed by atoms with E-state index in [1.807, 2.05) is 30.0 Å². The number of allylic oxidation sites excluding steroid dienone is 1.